The van der Waals surface area contributed by atoms with Gasteiger partial charge < -0.3 is 10.6 Å². The third kappa shape index (κ3) is 5.00. The van der Waals surface area contributed by atoms with Crippen LogP contribution in [0.15, 0.2) is 48.2 Å². The van der Waals surface area contributed by atoms with E-state index in [9.17, 15) is 4.79 Å². The number of carbonyl (C=O) groups excluding carboxylic acids is 1. The highest BCUT2D eigenvalue weighted by atomic mass is 35.5. The summed E-state index contributed by atoms with van der Waals surface area (Å²) in [7, 11) is 0. The summed E-state index contributed by atoms with van der Waals surface area (Å²) in [5, 5.41) is 12.1. The largest absolute Gasteiger partial charge is 0.368 e. The monoisotopic (exact) mass is 444 g/mol. The van der Waals surface area contributed by atoms with E-state index in [-0.39, 0.29) is 6.03 Å². The number of rotatable bonds is 7. The number of benzene rings is 1. The molecule has 4 aromatic rings. The van der Waals surface area contributed by atoms with Crippen LogP contribution in [0.4, 0.5) is 15.7 Å². The molecule has 4 rings (SSSR count). The van der Waals surface area contributed by atoms with Gasteiger partial charge in [0.05, 0.1) is 10.2 Å². The fraction of sp³-hybridized carbons (Fsp3) is 0.158. The van der Waals surface area contributed by atoms with Gasteiger partial charge in [0.25, 0.3) is 0 Å². The lowest BCUT2D eigenvalue weighted by molar-refractivity contribution is 0.251. The van der Waals surface area contributed by atoms with Crippen molar-refractivity contribution in [1.29, 1.82) is 0 Å². The lowest BCUT2D eigenvalue weighted by Crippen LogP contribution is -2.28. The first-order valence-corrected chi connectivity index (χ1v) is 10.9. The van der Waals surface area contributed by atoms with Crippen LogP contribution in [0.1, 0.15) is 10.4 Å². The Morgan fingerprint density at radius 3 is 2.93 bits per heavy atom. The average molecular weight is 445 g/mol. The first-order chi connectivity index (χ1) is 14.2. The summed E-state index contributed by atoms with van der Waals surface area (Å²) in [6.07, 6.45) is 4.11. The molecule has 29 heavy (non-hydrogen) atoms. The molecule has 2 amide bonds. The predicted octanol–water partition coefficient (Wildman–Crippen LogP) is 4.78. The molecule has 0 aliphatic rings. The van der Waals surface area contributed by atoms with Gasteiger partial charge in [0.2, 0.25) is 0 Å². The number of halogens is 1. The molecule has 1 aromatic carbocycles. The summed E-state index contributed by atoms with van der Waals surface area (Å²) < 4.78 is 1.05. The van der Waals surface area contributed by atoms with Crippen LogP contribution in [0.3, 0.4) is 0 Å². The Labute approximate surface area is 180 Å². The van der Waals surface area contributed by atoms with Crippen LogP contribution in [0.5, 0.6) is 0 Å². The number of urea groups is 1. The van der Waals surface area contributed by atoms with Crippen LogP contribution in [-0.2, 0) is 13.0 Å². The first-order valence-electron chi connectivity index (χ1n) is 8.84. The number of thiazole rings is 1. The lowest BCUT2D eigenvalue weighted by Gasteiger charge is -2.07. The molecule has 10 heteroatoms. The quantitative estimate of drug-likeness (QED) is 0.381. The van der Waals surface area contributed by atoms with Crippen molar-refractivity contribution in [2.45, 2.75) is 13.0 Å². The van der Waals surface area contributed by atoms with Crippen molar-refractivity contribution in [1.82, 2.24) is 20.3 Å². The Morgan fingerprint density at radius 2 is 2.03 bits per heavy atom. The number of amides is 2. The Bertz CT molecular complexity index is 1130. The van der Waals surface area contributed by atoms with Gasteiger partial charge in [-0.25, -0.2) is 19.7 Å². The van der Waals surface area contributed by atoms with Crippen LogP contribution in [0, 0.1) is 0 Å². The van der Waals surface area contributed by atoms with Gasteiger partial charge in [0.1, 0.15) is 12.1 Å². The van der Waals surface area contributed by atoms with E-state index in [4.69, 9.17) is 11.6 Å². The van der Waals surface area contributed by atoms with E-state index in [0.717, 1.165) is 32.9 Å². The molecular formula is C19H17ClN6OS2. The topological polar surface area (TPSA) is 91.8 Å². The van der Waals surface area contributed by atoms with E-state index in [0.29, 0.717) is 23.2 Å². The van der Waals surface area contributed by atoms with Crippen molar-refractivity contribution < 1.29 is 4.79 Å². The van der Waals surface area contributed by atoms with E-state index >= 15 is 0 Å². The minimum atomic E-state index is -0.315. The van der Waals surface area contributed by atoms with E-state index in [1.807, 2.05) is 29.6 Å². The molecule has 3 heterocycles. The van der Waals surface area contributed by atoms with Crippen molar-refractivity contribution in [2.24, 2.45) is 0 Å². The van der Waals surface area contributed by atoms with Gasteiger partial charge in [0.15, 0.2) is 5.13 Å². The number of aromatic nitrogens is 3. The van der Waals surface area contributed by atoms with Gasteiger partial charge in [-0.2, -0.15) is 0 Å². The number of hydrogen-bond acceptors (Lipinski definition) is 7. The minimum Gasteiger partial charge on any atom is -0.368 e. The number of thiophene rings is 1. The van der Waals surface area contributed by atoms with Crippen molar-refractivity contribution in [3.05, 3.63) is 63.7 Å². The minimum absolute atomic E-state index is 0.315. The highest BCUT2D eigenvalue weighted by molar-refractivity contribution is 7.17. The molecule has 0 aliphatic heterocycles. The SMILES string of the molecule is O=C(NCc1ccccc1Cl)Nc1ncc(CCNc2ncnc3ccsc23)s1. The molecule has 0 spiro atoms. The lowest BCUT2D eigenvalue weighted by atomic mass is 10.2. The van der Waals surface area contributed by atoms with E-state index < -0.39 is 0 Å². The summed E-state index contributed by atoms with van der Waals surface area (Å²) in [5.74, 6) is 0.840. The summed E-state index contributed by atoms with van der Waals surface area (Å²) >= 11 is 9.16. The molecule has 3 aromatic heterocycles. The maximum atomic E-state index is 12.1. The smallest absolute Gasteiger partial charge is 0.321 e. The van der Waals surface area contributed by atoms with Gasteiger partial charge in [0, 0.05) is 35.6 Å². The van der Waals surface area contributed by atoms with Crippen molar-refractivity contribution >= 4 is 61.5 Å². The number of fused-ring (bicyclic) bond motifs is 1. The Balaban J connectivity index is 1.25. The number of anilines is 2. The van der Waals surface area contributed by atoms with Crippen LogP contribution in [0.25, 0.3) is 10.2 Å². The third-order valence-electron chi connectivity index (χ3n) is 4.08. The molecule has 0 bridgehead atoms. The number of carbonyl (C=O) groups is 1. The van der Waals surface area contributed by atoms with Gasteiger partial charge >= 0.3 is 6.03 Å². The molecule has 148 valence electrons. The van der Waals surface area contributed by atoms with Gasteiger partial charge in [-0.3, -0.25) is 5.32 Å². The average Bonchev–Trinajstić information content (AvgIpc) is 3.37. The zero-order valence-electron chi connectivity index (χ0n) is 15.2. The summed E-state index contributed by atoms with van der Waals surface area (Å²) in [4.78, 5) is 26.0. The Kier molecular flexibility index (Phi) is 6.18. The standard InChI is InChI=1S/C19H17ClN6OS2/c20-14-4-2-1-3-12(14)9-22-18(27)26-19-23-10-13(29-19)5-7-21-17-16-15(6-8-28-16)24-11-25-17/h1-4,6,8,10-11H,5,7,9H2,(H,21,24,25)(H2,22,23,26,27). The Hall–Kier alpha value is -2.75. The fourth-order valence-corrected chi connectivity index (χ4v) is 4.48. The summed E-state index contributed by atoms with van der Waals surface area (Å²) in [5.41, 5.74) is 1.80. The van der Waals surface area contributed by atoms with Gasteiger partial charge in [-0.1, -0.05) is 29.8 Å². The molecule has 0 atom stereocenters. The predicted molar refractivity (Wildman–Crippen MR) is 119 cm³/mol. The molecule has 0 saturated carbocycles. The van der Waals surface area contributed by atoms with Crippen molar-refractivity contribution in [3.63, 3.8) is 0 Å². The maximum Gasteiger partial charge on any atom is 0.321 e. The van der Waals surface area contributed by atoms with Crippen LogP contribution in [0.2, 0.25) is 5.02 Å². The summed E-state index contributed by atoms with van der Waals surface area (Å²) in [6, 6.07) is 9.06. The molecule has 0 saturated heterocycles. The number of hydrogen-bond donors (Lipinski definition) is 3. The Morgan fingerprint density at radius 1 is 1.14 bits per heavy atom. The maximum absolute atomic E-state index is 12.1. The van der Waals surface area contributed by atoms with Crippen molar-refractivity contribution in [3.8, 4) is 0 Å². The van der Waals surface area contributed by atoms with E-state index in [1.54, 1.807) is 29.9 Å². The second kappa shape index (κ2) is 9.17. The third-order valence-corrected chi connectivity index (χ3v) is 6.33. The zero-order chi connectivity index (χ0) is 20.1. The summed E-state index contributed by atoms with van der Waals surface area (Å²) in [6.45, 7) is 1.06. The molecule has 0 aliphatic carbocycles. The molecular weight excluding hydrogens is 428 g/mol. The molecule has 3 N–H and O–H groups in total. The van der Waals surface area contributed by atoms with E-state index in [2.05, 4.69) is 30.9 Å². The normalized spacial score (nSPS) is 10.8. The molecule has 0 fully saturated rings. The first kappa shape index (κ1) is 19.6. The van der Waals surface area contributed by atoms with Crippen LogP contribution >= 0.6 is 34.3 Å². The van der Waals surface area contributed by atoms with E-state index in [1.165, 1.54) is 11.3 Å². The fourth-order valence-electron chi connectivity index (χ4n) is 2.66. The molecule has 0 unspecified atom stereocenters. The highest BCUT2D eigenvalue weighted by Gasteiger charge is 2.08. The number of nitrogens with one attached hydrogen (secondary N) is 3. The van der Waals surface area contributed by atoms with Gasteiger partial charge in [-0.15, -0.1) is 22.7 Å². The van der Waals surface area contributed by atoms with Gasteiger partial charge in [-0.05, 0) is 23.1 Å². The number of nitrogens with zero attached hydrogens (tertiary/aromatic N) is 3. The molecule has 0 radical (unpaired) electrons. The van der Waals surface area contributed by atoms with Crippen LogP contribution in [-0.4, -0.2) is 27.5 Å². The zero-order valence-corrected chi connectivity index (χ0v) is 17.6. The molecule has 7 nitrogen and oxygen atoms in total. The second-order valence-electron chi connectivity index (χ2n) is 6.06. The van der Waals surface area contributed by atoms with Crippen molar-refractivity contribution in [2.75, 3.05) is 17.2 Å². The highest BCUT2D eigenvalue weighted by Crippen LogP contribution is 2.25. The second-order valence-corrected chi connectivity index (χ2v) is 8.50. The van der Waals surface area contributed by atoms with Crippen LogP contribution < -0.4 is 16.0 Å².